The highest BCUT2D eigenvalue weighted by Crippen LogP contribution is 2.28. The predicted molar refractivity (Wildman–Crippen MR) is 94.2 cm³/mol. The van der Waals surface area contributed by atoms with Crippen LogP contribution < -0.4 is 4.74 Å². The molecule has 1 fully saturated rings. The Morgan fingerprint density at radius 2 is 2.04 bits per heavy atom. The van der Waals surface area contributed by atoms with Crippen LogP contribution in [0.4, 0.5) is 0 Å². The third-order valence-corrected chi connectivity index (χ3v) is 5.74. The van der Waals surface area contributed by atoms with Crippen LogP contribution in [0.3, 0.4) is 0 Å². The molecule has 2 aromatic rings. The summed E-state index contributed by atoms with van der Waals surface area (Å²) in [7, 11) is -0.948. The standard InChI is InChI=1S/C18H24N2O3S/c1-2-22-16-11-7-6-10-15(16)18-19-17(23-20-18)13-24(21)12-14-8-4-3-5-9-14/h6-7,10-11,14H,2-5,8-9,12-13H2,1H3. The van der Waals surface area contributed by atoms with Crippen LogP contribution in [-0.2, 0) is 16.6 Å². The molecule has 1 aliphatic rings. The van der Waals surface area contributed by atoms with Gasteiger partial charge in [-0.15, -0.1) is 0 Å². The van der Waals surface area contributed by atoms with E-state index in [1.54, 1.807) is 0 Å². The monoisotopic (exact) mass is 348 g/mol. The average molecular weight is 348 g/mol. The molecule has 1 saturated carbocycles. The molecule has 1 heterocycles. The third-order valence-electron chi connectivity index (χ3n) is 4.33. The van der Waals surface area contributed by atoms with E-state index in [0.29, 0.717) is 30.0 Å². The van der Waals surface area contributed by atoms with Crippen molar-refractivity contribution in [2.24, 2.45) is 5.92 Å². The van der Waals surface area contributed by atoms with Crippen LogP contribution >= 0.6 is 0 Å². The number of aromatic nitrogens is 2. The lowest BCUT2D eigenvalue weighted by molar-refractivity contribution is 0.341. The van der Waals surface area contributed by atoms with Gasteiger partial charge in [-0.1, -0.05) is 36.6 Å². The van der Waals surface area contributed by atoms with E-state index >= 15 is 0 Å². The van der Waals surface area contributed by atoms with Gasteiger partial charge in [0.1, 0.15) is 11.5 Å². The minimum atomic E-state index is -0.948. The van der Waals surface area contributed by atoms with E-state index in [0.717, 1.165) is 17.1 Å². The lowest BCUT2D eigenvalue weighted by Gasteiger charge is -2.20. The van der Waals surface area contributed by atoms with Crippen LogP contribution in [0.15, 0.2) is 28.8 Å². The van der Waals surface area contributed by atoms with Gasteiger partial charge in [0.2, 0.25) is 11.7 Å². The number of hydrogen-bond donors (Lipinski definition) is 0. The largest absolute Gasteiger partial charge is 0.493 e. The topological polar surface area (TPSA) is 65.2 Å². The zero-order chi connectivity index (χ0) is 16.8. The summed E-state index contributed by atoms with van der Waals surface area (Å²) in [5.41, 5.74) is 0.799. The molecule has 5 nitrogen and oxygen atoms in total. The Hall–Kier alpha value is -1.69. The average Bonchev–Trinajstić information content (AvgIpc) is 3.04. The van der Waals surface area contributed by atoms with Crippen LogP contribution in [0.5, 0.6) is 5.75 Å². The van der Waals surface area contributed by atoms with Crippen molar-refractivity contribution in [3.63, 3.8) is 0 Å². The lowest BCUT2D eigenvalue weighted by Crippen LogP contribution is -2.15. The Bertz CT molecular complexity index is 680. The molecule has 1 aliphatic carbocycles. The summed E-state index contributed by atoms with van der Waals surface area (Å²) in [6.07, 6.45) is 6.24. The molecule has 0 radical (unpaired) electrons. The quantitative estimate of drug-likeness (QED) is 0.757. The van der Waals surface area contributed by atoms with Gasteiger partial charge in [0.15, 0.2) is 0 Å². The third kappa shape index (κ3) is 4.44. The van der Waals surface area contributed by atoms with Crippen molar-refractivity contribution in [3.05, 3.63) is 30.2 Å². The highest BCUT2D eigenvalue weighted by molar-refractivity contribution is 7.84. The number of nitrogens with zero attached hydrogens (tertiary/aromatic N) is 2. The van der Waals surface area contributed by atoms with Gasteiger partial charge >= 0.3 is 0 Å². The molecule has 0 bridgehead atoms. The zero-order valence-electron chi connectivity index (χ0n) is 14.1. The van der Waals surface area contributed by atoms with Crippen molar-refractivity contribution < 1.29 is 13.5 Å². The fourth-order valence-electron chi connectivity index (χ4n) is 3.17. The Balaban J connectivity index is 1.64. The normalized spacial score (nSPS) is 16.9. The molecule has 1 unspecified atom stereocenters. The van der Waals surface area contributed by atoms with Gasteiger partial charge in [0.05, 0.1) is 12.2 Å². The van der Waals surface area contributed by atoms with Crippen molar-refractivity contribution in [2.75, 3.05) is 12.4 Å². The van der Waals surface area contributed by atoms with Crippen molar-refractivity contribution >= 4 is 10.8 Å². The SMILES string of the molecule is CCOc1ccccc1-c1noc(CS(=O)CC2CCCCC2)n1. The number of hydrogen-bond acceptors (Lipinski definition) is 5. The summed E-state index contributed by atoms with van der Waals surface area (Å²) in [5, 5.41) is 4.03. The summed E-state index contributed by atoms with van der Waals surface area (Å²) in [4.78, 5) is 4.41. The van der Waals surface area contributed by atoms with E-state index in [9.17, 15) is 4.21 Å². The maximum Gasteiger partial charge on any atom is 0.239 e. The molecule has 130 valence electrons. The van der Waals surface area contributed by atoms with Gasteiger partial charge in [0.25, 0.3) is 0 Å². The fraction of sp³-hybridized carbons (Fsp3) is 0.556. The van der Waals surface area contributed by atoms with Crippen LogP contribution in [-0.4, -0.2) is 26.7 Å². The number of rotatable bonds is 7. The summed E-state index contributed by atoms with van der Waals surface area (Å²) in [6.45, 7) is 2.51. The summed E-state index contributed by atoms with van der Waals surface area (Å²) < 4.78 is 23.3. The van der Waals surface area contributed by atoms with Crippen molar-refractivity contribution in [1.29, 1.82) is 0 Å². The van der Waals surface area contributed by atoms with Gasteiger partial charge in [-0.05, 0) is 37.8 Å². The fourth-order valence-corrected chi connectivity index (χ4v) is 4.54. The van der Waals surface area contributed by atoms with E-state index < -0.39 is 10.8 Å². The minimum absolute atomic E-state index is 0.334. The van der Waals surface area contributed by atoms with Gasteiger partial charge in [-0.2, -0.15) is 4.98 Å². The first-order chi connectivity index (χ1) is 11.8. The smallest absolute Gasteiger partial charge is 0.239 e. The Kier molecular flexibility index (Phi) is 6.01. The van der Waals surface area contributed by atoms with E-state index in [2.05, 4.69) is 10.1 Å². The second kappa shape index (κ2) is 8.42. The van der Waals surface area contributed by atoms with Crippen molar-refractivity contribution in [1.82, 2.24) is 10.1 Å². The molecule has 0 N–H and O–H groups in total. The highest BCUT2D eigenvalue weighted by Gasteiger charge is 2.19. The summed E-state index contributed by atoms with van der Waals surface area (Å²) in [6, 6.07) is 7.61. The van der Waals surface area contributed by atoms with Gasteiger partial charge in [-0.25, -0.2) is 0 Å². The van der Waals surface area contributed by atoms with E-state index in [4.69, 9.17) is 9.26 Å². The second-order valence-corrected chi connectivity index (χ2v) is 7.70. The van der Waals surface area contributed by atoms with Crippen molar-refractivity contribution in [2.45, 2.75) is 44.8 Å². The molecule has 3 rings (SSSR count). The molecular weight excluding hydrogens is 324 g/mol. The van der Waals surface area contributed by atoms with Crippen molar-refractivity contribution in [3.8, 4) is 17.1 Å². The molecule has 1 aromatic carbocycles. The molecule has 1 atom stereocenters. The van der Waals surface area contributed by atoms with Crippen LogP contribution in [0.25, 0.3) is 11.4 Å². The van der Waals surface area contributed by atoms with Gasteiger partial charge in [-0.3, -0.25) is 4.21 Å². The maximum absolute atomic E-state index is 12.4. The maximum atomic E-state index is 12.4. The Labute approximate surface area is 145 Å². The molecule has 0 spiro atoms. The van der Waals surface area contributed by atoms with Crippen LogP contribution in [0.1, 0.15) is 44.9 Å². The molecule has 24 heavy (non-hydrogen) atoms. The van der Waals surface area contributed by atoms with E-state index in [-0.39, 0.29) is 0 Å². The van der Waals surface area contributed by atoms with Crippen LogP contribution in [0, 0.1) is 5.92 Å². The number of benzene rings is 1. The first kappa shape index (κ1) is 17.1. The van der Waals surface area contributed by atoms with Gasteiger partial charge < -0.3 is 9.26 Å². The first-order valence-electron chi connectivity index (χ1n) is 8.66. The number of para-hydroxylation sites is 1. The molecule has 0 amide bonds. The minimum Gasteiger partial charge on any atom is -0.493 e. The molecule has 1 aromatic heterocycles. The zero-order valence-corrected chi connectivity index (χ0v) is 14.9. The van der Waals surface area contributed by atoms with E-state index in [1.165, 1.54) is 32.1 Å². The van der Waals surface area contributed by atoms with Gasteiger partial charge in [0, 0.05) is 16.6 Å². The predicted octanol–water partition coefficient (Wildman–Crippen LogP) is 3.96. The molecule has 0 aliphatic heterocycles. The Morgan fingerprint density at radius 1 is 1.25 bits per heavy atom. The lowest BCUT2D eigenvalue weighted by atomic mass is 9.91. The molecule has 0 saturated heterocycles. The number of ether oxygens (including phenoxy) is 1. The van der Waals surface area contributed by atoms with Crippen LogP contribution in [0.2, 0.25) is 0 Å². The second-order valence-electron chi connectivity index (χ2n) is 6.20. The first-order valence-corrected chi connectivity index (χ1v) is 10.1. The Morgan fingerprint density at radius 3 is 2.83 bits per heavy atom. The molecular formula is C18H24N2O3S. The van der Waals surface area contributed by atoms with E-state index in [1.807, 2.05) is 31.2 Å². The molecule has 6 heteroatoms. The highest BCUT2D eigenvalue weighted by atomic mass is 32.2. The summed E-state index contributed by atoms with van der Waals surface area (Å²) >= 11 is 0. The summed E-state index contributed by atoms with van der Waals surface area (Å²) in [5.74, 6) is 3.32.